The fraction of sp³-hybridized carbons (Fsp3) is 0.280. The maximum absolute atomic E-state index is 12.2. The second kappa shape index (κ2) is 12.4. The van der Waals surface area contributed by atoms with E-state index in [0.717, 1.165) is 49.9 Å². The molecule has 1 saturated heterocycles. The lowest BCUT2D eigenvalue weighted by molar-refractivity contribution is 0.0996. The van der Waals surface area contributed by atoms with Crippen LogP contribution in [-0.4, -0.2) is 54.9 Å². The molecule has 0 unspecified atom stereocenters. The minimum Gasteiger partial charge on any atom is -0.459 e. The number of carbonyl (C=O) groups excluding carboxylic acids is 1. The van der Waals surface area contributed by atoms with Gasteiger partial charge < -0.3 is 20.0 Å². The van der Waals surface area contributed by atoms with Crippen molar-refractivity contribution in [2.45, 2.75) is 13.1 Å². The number of amides is 1. The number of hydrogen-bond acceptors (Lipinski definition) is 4. The molecule has 3 aromatic rings. The summed E-state index contributed by atoms with van der Waals surface area (Å²) in [6.45, 7) is 5.49. The summed E-state index contributed by atoms with van der Waals surface area (Å²) >= 11 is 0. The second-order valence-electron chi connectivity index (χ2n) is 7.78. The zero-order valence-corrected chi connectivity index (χ0v) is 21.1. The van der Waals surface area contributed by atoms with Gasteiger partial charge in [-0.2, -0.15) is 0 Å². The van der Waals surface area contributed by atoms with E-state index in [1.165, 1.54) is 11.8 Å². The van der Waals surface area contributed by atoms with Crippen molar-refractivity contribution < 1.29 is 9.21 Å². The number of anilines is 1. The van der Waals surface area contributed by atoms with Gasteiger partial charge in [-0.05, 0) is 35.4 Å². The molecule has 8 heteroatoms. The van der Waals surface area contributed by atoms with Gasteiger partial charge in [0.05, 0.1) is 6.26 Å². The summed E-state index contributed by atoms with van der Waals surface area (Å²) in [5, 5.41) is 6.32. The number of hydrogen-bond donors (Lipinski definition) is 2. The summed E-state index contributed by atoms with van der Waals surface area (Å²) < 4.78 is 5.15. The first-order chi connectivity index (χ1) is 15.7. The molecule has 0 aliphatic carbocycles. The van der Waals surface area contributed by atoms with Crippen molar-refractivity contribution >= 4 is 41.5 Å². The molecule has 1 aliphatic heterocycles. The van der Waals surface area contributed by atoms with Gasteiger partial charge >= 0.3 is 0 Å². The summed E-state index contributed by atoms with van der Waals surface area (Å²) in [7, 11) is 1.82. The zero-order chi connectivity index (χ0) is 22.2. The topological polar surface area (TPSA) is 73.1 Å². The number of guanidine groups is 1. The van der Waals surface area contributed by atoms with Crippen molar-refractivity contribution in [3.63, 3.8) is 0 Å². The molecule has 0 spiro atoms. The number of nitrogens with zero attached hydrogens (tertiary/aromatic N) is 3. The Kier molecular flexibility index (Phi) is 9.32. The van der Waals surface area contributed by atoms with Crippen LogP contribution in [0.3, 0.4) is 0 Å². The van der Waals surface area contributed by atoms with Gasteiger partial charge in [0, 0.05) is 52.0 Å². The van der Waals surface area contributed by atoms with Crippen LogP contribution in [0.5, 0.6) is 0 Å². The van der Waals surface area contributed by atoms with E-state index in [2.05, 4.69) is 55.8 Å². The lowest BCUT2D eigenvalue weighted by Gasteiger charge is -2.36. The lowest BCUT2D eigenvalue weighted by atomic mass is 10.2. The minimum absolute atomic E-state index is 0. The van der Waals surface area contributed by atoms with Gasteiger partial charge in [-0.25, -0.2) is 0 Å². The third-order valence-corrected chi connectivity index (χ3v) is 5.51. The summed E-state index contributed by atoms with van der Waals surface area (Å²) in [6, 6.07) is 21.7. The number of rotatable bonds is 6. The average Bonchev–Trinajstić information content (AvgIpc) is 3.37. The fourth-order valence-corrected chi connectivity index (χ4v) is 3.83. The van der Waals surface area contributed by atoms with E-state index in [9.17, 15) is 4.79 Å². The quantitative estimate of drug-likeness (QED) is 0.271. The molecule has 1 fully saturated rings. The van der Waals surface area contributed by atoms with E-state index >= 15 is 0 Å². The Balaban J connectivity index is 0.00000306. The maximum Gasteiger partial charge on any atom is 0.291 e. The molecular weight excluding hydrogens is 529 g/mol. The number of benzene rings is 2. The molecule has 7 nitrogen and oxygen atoms in total. The Bertz CT molecular complexity index is 1030. The van der Waals surface area contributed by atoms with Crippen molar-refractivity contribution in [3.05, 3.63) is 89.9 Å². The lowest BCUT2D eigenvalue weighted by Crippen LogP contribution is -2.52. The van der Waals surface area contributed by atoms with Crippen LogP contribution in [0.4, 0.5) is 5.69 Å². The highest BCUT2D eigenvalue weighted by Crippen LogP contribution is 2.13. The van der Waals surface area contributed by atoms with Crippen molar-refractivity contribution in [1.29, 1.82) is 0 Å². The number of furan rings is 1. The molecule has 2 aromatic carbocycles. The summed E-state index contributed by atoms with van der Waals surface area (Å²) in [5.74, 6) is 0.930. The van der Waals surface area contributed by atoms with Crippen molar-refractivity contribution in [2.75, 3.05) is 38.5 Å². The minimum atomic E-state index is -0.260. The largest absolute Gasteiger partial charge is 0.459 e. The molecule has 0 atom stereocenters. The van der Waals surface area contributed by atoms with E-state index in [1.807, 2.05) is 31.3 Å². The average molecular weight is 559 g/mol. The van der Waals surface area contributed by atoms with E-state index < -0.39 is 0 Å². The van der Waals surface area contributed by atoms with Crippen LogP contribution in [0, 0.1) is 0 Å². The van der Waals surface area contributed by atoms with Crippen LogP contribution in [0.2, 0.25) is 0 Å². The van der Waals surface area contributed by atoms with Gasteiger partial charge in [-0.15, -0.1) is 24.0 Å². The molecule has 4 rings (SSSR count). The Morgan fingerprint density at radius 2 is 1.73 bits per heavy atom. The molecule has 0 bridgehead atoms. The third-order valence-electron chi connectivity index (χ3n) is 5.51. The highest BCUT2D eigenvalue weighted by molar-refractivity contribution is 14.0. The van der Waals surface area contributed by atoms with Gasteiger partial charge in [0.2, 0.25) is 0 Å². The number of nitrogens with one attached hydrogen (secondary N) is 2. The highest BCUT2D eigenvalue weighted by Gasteiger charge is 2.19. The van der Waals surface area contributed by atoms with Crippen LogP contribution in [-0.2, 0) is 13.1 Å². The first-order valence-electron chi connectivity index (χ1n) is 10.9. The first-order valence-corrected chi connectivity index (χ1v) is 10.9. The monoisotopic (exact) mass is 559 g/mol. The maximum atomic E-state index is 12.2. The van der Waals surface area contributed by atoms with Crippen molar-refractivity contribution in [2.24, 2.45) is 4.99 Å². The van der Waals surface area contributed by atoms with E-state index in [-0.39, 0.29) is 29.9 Å². The summed E-state index contributed by atoms with van der Waals surface area (Å²) in [6.07, 6.45) is 1.49. The smallest absolute Gasteiger partial charge is 0.291 e. The van der Waals surface area contributed by atoms with Crippen LogP contribution < -0.4 is 10.6 Å². The van der Waals surface area contributed by atoms with Crippen molar-refractivity contribution in [3.8, 4) is 0 Å². The molecule has 1 amide bonds. The Morgan fingerprint density at radius 1 is 0.970 bits per heavy atom. The molecule has 174 valence electrons. The number of carbonyl (C=O) groups is 1. The first kappa shape index (κ1) is 24.8. The van der Waals surface area contributed by atoms with Crippen LogP contribution in [0.15, 0.2) is 82.4 Å². The molecule has 2 heterocycles. The molecule has 1 aromatic heterocycles. The predicted molar refractivity (Wildman–Crippen MR) is 142 cm³/mol. The Morgan fingerprint density at radius 3 is 2.42 bits per heavy atom. The van der Waals surface area contributed by atoms with E-state index in [1.54, 1.807) is 12.1 Å². The zero-order valence-electron chi connectivity index (χ0n) is 18.7. The molecule has 0 radical (unpaired) electrons. The van der Waals surface area contributed by atoms with Crippen LogP contribution >= 0.6 is 24.0 Å². The normalized spacial score (nSPS) is 14.5. The fourth-order valence-electron chi connectivity index (χ4n) is 3.83. The van der Waals surface area contributed by atoms with Gasteiger partial charge in [0.25, 0.3) is 5.91 Å². The number of aliphatic imine (C=N–C) groups is 1. The van der Waals surface area contributed by atoms with Gasteiger partial charge in [-0.1, -0.05) is 42.5 Å². The van der Waals surface area contributed by atoms with Gasteiger partial charge in [-0.3, -0.25) is 14.7 Å². The van der Waals surface area contributed by atoms with Crippen molar-refractivity contribution in [1.82, 2.24) is 15.1 Å². The summed E-state index contributed by atoms with van der Waals surface area (Å²) in [5.41, 5.74) is 3.14. The Labute approximate surface area is 211 Å². The van der Waals surface area contributed by atoms with E-state index in [0.29, 0.717) is 12.3 Å². The van der Waals surface area contributed by atoms with Crippen LogP contribution in [0.1, 0.15) is 21.7 Å². The molecular formula is C25H30IN5O2. The predicted octanol–water partition coefficient (Wildman–Crippen LogP) is 4.04. The summed E-state index contributed by atoms with van der Waals surface area (Å²) in [4.78, 5) is 21.4. The standard InChI is InChI=1S/C25H29N5O2.HI/c1-26-25(30-14-12-29(13-15-30)19-20-7-3-2-4-8-20)27-18-21-9-5-10-22(17-21)28-24(31)23-11-6-16-32-23;/h2-11,16-17H,12-15,18-19H2,1H3,(H,26,27)(H,28,31);1H. The third kappa shape index (κ3) is 7.06. The van der Waals surface area contributed by atoms with E-state index in [4.69, 9.17) is 4.42 Å². The molecule has 1 aliphatic rings. The second-order valence-corrected chi connectivity index (χ2v) is 7.78. The number of halogens is 1. The van der Waals surface area contributed by atoms with Crippen LogP contribution in [0.25, 0.3) is 0 Å². The van der Waals surface area contributed by atoms with Gasteiger partial charge in [0.15, 0.2) is 11.7 Å². The number of piperazine rings is 1. The molecule has 2 N–H and O–H groups in total. The molecule has 0 saturated carbocycles. The van der Waals surface area contributed by atoms with Gasteiger partial charge in [0.1, 0.15) is 0 Å². The Hall–Kier alpha value is -2.85. The SMILES string of the molecule is CN=C(NCc1cccc(NC(=O)c2ccco2)c1)N1CCN(Cc2ccccc2)CC1.I. The molecule has 33 heavy (non-hydrogen) atoms. The highest BCUT2D eigenvalue weighted by atomic mass is 127.